The number of nitrogens with one attached hydrogen (secondary N) is 1. The fourth-order valence-electron chi connectivity index (χ4n) is 1.64. The molecule has 0 saturated carbocycles. The van der Waals surface area contributed by atoms with Crippen molar-refractivity contribution in [1.29, 1.82) is 0 Å². The van der Waals surface area contributed by atoms with E-state index in [1.807, 2.05) is 0 Å². The van der Waals surface area contributed by atoms with Crippen LogP contribution in [-0.2, 0) is 16.0 Å². The smallest absolute Gasteiger partial charge is 0.412 e. The molecule has 110 valence electrons. The lowest BCUT2D eigenvalue weighted by molar-refractivity contribution is -0.107. The number of carbonyl (C=O) groups excluding carboxylic acids is 2. The van der Waals surface area contributed by atoms with Gasteiger partial charge in [-0.15, -0.1) is 0 Å². The van der Waals surface area contributed by atoms with E-state index in [1.165, 1.54) is 0 Å². The summed E-state index contributed by atoms with van der Waals surface area (Å²) in [5.74, 6) is 0. The number of hydrogen-bond acceptors (Lipinski definition) is 3. The number of carbonyl (C=O) groups is 2. The van der Waals surface area contributed by atoms with Crippen molar-refractivity contribution in [3.8, 4) is 0 Å². The SMILES string of the molecule is CC(C)(C)OC(=O)Nc1ccc(Cl)c(CCCC=O)c1. The quantitative estimate of drug-likeness (QED) is 0.654. The topological polar surface area (TPSA) is 55.4 Å². The number of anilines is 1. The molecule has 1 aromatic rings. The molecular weight excluding hydrogens is 278 g/mol. The van der Waals surface area contributed by atoms with Crippen molar-refractivity contribution < 1.29 is 14.3 Å². The highest BCUT2D eigenvalue weighted by atomic mass is 35.5. The first-order valence-electron chi connectivity index (χ1n) is 6.54. The first kappa shape index (κ1) is 16.5. The Morgan fingerprint density at radius 1 is 1.40 bits per heavy atom. The van der Waals surface area contributed by atoms with Crippen LogP contribution in [0.15, 0.2) is 18.2 Å². The average Bonchev–Trinajstić information content (AvgIpc) is 2.31. The third kappa shape index (κ3) is 6.06. The summed E-state index contributed by atoms with van der Waals surface area (Å²) < 4.78 is 5.18. The van der Waals surface area contributed by atoms with Crippen molar-refractivity contribution in [2.45, 2.75) is 45.6 Å². The first-order valence-corrected chi connectivity index (χ1v) is 6.91. The van der Waals surface area contributed by atoms with Gasteiger partial charge < -0.3 is 9.53 Å². The van der Waals surface area contributed by atoms with E-state index in [1.54, 1.807) is 39.0 Å². The summed E-state index contributed by atoms with van der Waals surface area (Å²) in [6.45, 7) is 5.41. The van der Waals surface area contributed by atoms with Gasteiger partial charge >= 0.3 is 6.09 Å². The van der Waals surface area contributed by atoms with Crippen LogP contribution < -0.4 is 5.32 Å². The van der Waals surface area contributed by atoms with Gasteiger partial charge in [0.05, 0.1) is 0 Å². The summed E-state index contributed by atoms with van der Waals surface area (Å²) in [4.78, 5) is 22.0. The Morgan fingerprint density at radius 3 is 2.70 bits per heavy atom. The molecule has 1 aromatic carbocycles. The molecule has 0 aliphatic carbocycles. The van der Waals surface area contributed by atoms with Crippen LogP contribution in [0.25, 0.3) is 0 Å². The van der Waals surface area contributed by atoms with Crippen molar-refractivity contribution in [2.75, 3.05) is 5.32 Å². The van der Waals surface area contributed by atoms with Crippen molar-refractivity contribution in [1.82, 2.24) is 0 Å². The molecule has 20 heavy (non-hydrogen) atoms. The van der Waals surface area contributed by atoms with E-state index in [2.05, 4.69) is 5.32 Å². The van der Waals surface area contributed by atoms with Crippen LogP contribution in [0.1, 0.15) is 39.2 Å². The van der Waals surface area contributed by atoms with Gasteiger partial charge in [0, 0.05) is 17.1 Å². The van der Waals surface area contributed by atoms with E-state index in [0.717, 1.165) is 18.3 Å². The van der Waals surface area contributed by atoms with Gasteiger partial charge in [-0.05, 0) is 57.4 Å². The fourth-order valence-corrected chi connectivity index (χ4v) is 1.85. The van der Waals surface area contributed by atoms with E-state index in [4.69, 9.17) is 16.3 Å². The Morgan fingerprint density at radius 2 is 2.10 bits per heavy atom. The molecule has 1 rings (SSSR count). The highest BCUT2D eigenvalue weighted by molar-refractivity contribution is 6.31. The molecular formula is C15H20ClNO3. The van der Waals surface area contributed by atoms with Crippen LogP contribution in [0.5, 0.6) is 0 Å². The molecule has 1 amide bonds. The molecule has 5 heteroatoms. The monoisotopic (exact) mass is 297 g/mol. The summed E-state index contributed by atoms with van der Waals surface area (Å²) in [6, 6.07) is 5.25. The highest BCUT2D eigenvalue weighted by Crippen LogP contribution is 2.22. The number of rotatable bonds is 5. The predicted octanol–water partition coefficient (Wildman–Crippen LogP) is 4.21. The molecule has 0 saturated heterocycles. The van der Waals surface area contributed by atoms with Crippen LogP contribution in [0.2, 0.25) is 5.02 Å². The van der Waals surface area contributed by atoms with E-state index < -0.39 is 11.7 Å². The summed E-state index contributed by atoms with van der Waals surface area (Å²) in [7, 11) is 0. The van der Waals surface area contributed by atoms with Crippen LogP contribution in [0, 0.1) is 0 Å². The van der Waals surface area contributed by atoms with Gasteiger partial charge in [0.1, 0.15) is 11.9 Å². The number of aldehydes is 1. The maximum atomic E-state index is 11.7. The molecule has 0 atom stereocenters. The van der Waals surface area contributed by atoms with E-state index in [-0.39, 0.29) is 0 Å². The van der Waals surface area contributed by atoms with Crippen LogP contribution in [0.4, 0.5) is 10.5 Å². The molecule has 0 aromatic heterocycles. The van der Waals surface area contributed by atoms with Crippen LogP contribution in [-0.4, -0.2) is 18.0 Å². The zero-order chi connectivity index (χ0) is 15.2. The molecule has 0 aliphatic heterocycles. The summed E-state index contributed by atoms with van der Waals surface area (Å²) in [5.41, 5.74) is 0.996. The number of amides is 1. The minimum Gasteiger partial charge on any atom is -0.444 e. The zero-order valence-electron chi connectivity index (χ0n) is 12.0. The first-order chi connectivity index (χ1) is 9.31. The van der Waals surface area contributed by atoms with Gasteiger partial charge in [0.2, 0.25) is 0 Å². The zero-order valence-corrected chi connectivity index (χ0v) is 12.8. The molecule has 0 aliphatic rings. The molecule has 0 heterocycles. The van der Waals surface area contributed by atoms with Crippen molar-refractivity contribution >= 4 is 29.7 Å². The highest BCUT2D eigenvalue weighted by Gasteiger charge is 2.16. The predicted molar refractivity (Wildman–Crippen MR) is 80.3 cm³/mol. The molecule has 0 spiro atoms. The minimum atomic E-state index is -0.538. The van der Waals surface area contributed by atoms with Gasteiger partial charge in [-0.2, -0.15) is 0 Å². The minimum absolute atomic E-state index is 0.500. The average molecular weight is 298 g/mol. The number of unbranched alkanes of at least 4 members (excludes halogenated alkanes) is 1. The van der Waals surface area contributed by atoms with E-state index in [0.29, 0.717) is 23.6 Å². The standard InChI is InChI=1S/C15H20ClNO3/c1-15(2,3)20-14(19)17-12-7-8-13(16)11(10-12)6-4-5-9-18/h7-10H,4-6H2,1-3H3,(H,17,19). The Labute approximate surface area is 124 Å². The second-order valence-corrected chi connectivity index (χ2v) is 5.90. The number of hydrogen-bond donors (Lipinski definition) is 1. The van der Waals surface area contributed by atoms with Gasteiger partial charge in [-0.3, -0.25) is 5.32 Å². The normalized spacial score (nSPS) is 11.0. The molecule has 0 unspecified atom stereocenters. The van der Waals surface area contributed by atoms with Gasteiger partial charge in [0.15, 0.2) is 0 Å². The molecule has 0 fully saturated rings. The number of ether oxygens (including phenoxy) is 1. The van der Waals surface area contributed by atoms with Crippen molar-refractivity contribution in [3.05, 3.63) is 28.8 Å². The molecule has 0 bridgehead atoms. The lowest BCUT2D eigenvalue weighted by atomic mass is 10.1. The number of aryl methyl sites for hydroxylation is 1. The fraction of sp³-hybridized carbons (Fsp3) is 0.467. The Kier molecular flexibility index (Phi) is 6.02. The molecule has 0 radical (unpaired) electrons. The molecule has 1 N–H and O–H groups in total. The Hall–Kier alpha value is -1.55. The maximum absolute atomic E-state index is 11.7. The van der Waals surface area contributed by atoms with Gasteiger partial charge in [0.25, 0.3) is 0 Å². The largest absolute Gasteiger partial charge is 0.444 e. The molecule has 4 nitrogen and oxygen atoms in total. The van der Waals surface area contributed by atoms with E-state index in [9.17, 15) is 9.59 Å². The van der Waals surface area contributed by atoms with Crippen molar-refractivity contribution in [3.63, 3.8) is 0 Å². The maximum Gasteiger partial charge on any atom is 0.412 e. The Balaban J connectivity index is 2.69. The Bertz CT molecular complexity index is 480. The third-order valence-electron chi connectivity index (χ3n) is 2.46. The number of benzene rings is 1. The van der Waals surface area contributed by atoms with Gasteiger partial charge in [-0.25, -0.2) is 4.79 Å². The number of halogens is 1. The lowest BCUT2D eigenvalue weighted by Gasteiger charge is -2.20. The summed E-state index contributed by atoms with van der Waals surface area (Å²) >= 11 is 6.09. The van der Waals surface area contributed by atoms with Gasteiger partial charge in [-0.1, -0.05) is 11.6 Å². The summed E-state index contributed by atoms with van der Waals surface area (Å²) in [6.07, 6.45) is 2.32. The summed E-state index contributed by atoms with van der Waals surface area (Å²) in [5, 5.41) is 3.30. The second-order valence-electron chi connectivity index (χ2n) is 5.49. The second kappa shape index (κ2) is 7.29. The third-order valence-corrected chi connectivity index (χ3v) is 2.83. The van der Waals surface area contributed by atoms with Crippen molar-refractivity contribution in [2.24, 2.45) is 0 Å². The lowest BCUT2D eigenvalue weighted by Crippen LogP contribution is -2.27. The van der Waals surface area contributed by atoms with E-state index >= 15 is 0 Å². The van der Waals surface area contributed by atoms with Crippen LogP contribution in [0.3, 0.4) is 0 Å². The van der Waals surface area contributed by atoms with Crippen LogP contribution >= 0.6 is 11.6 Å².